The second-order valence-corrected chi connectivity index (χ2v) is 6.03. The molecule has 2 aromatic rings. The van der Waals surface area contributed by atoms with E-state index in [0.29, 0.717) is 0 Å². The number of likely N-dealkylation sites (tertiary alicyclic amines) is 1. The lowest BCUT2D eigenvalue weighted by Crippen LogP contribution is -2.28. The lowest BCUT2D eigenvalue weighted by atomic mass is 10.2. The SMILES string of the molecule is C[C@@H]1CCCN1CCCCOc1ccc(-n2cccn2)cc1. The van der Waals surface area contributed by atoms with Crippen LogP contribution in [0.4, 0.5) is 0 Å². The molecule has 1 fully saturated rings. The first-order valence-electron chi connectivity index (χ1n) is 8.30. The van der Waals surface area contributed by atoms with Crippen molar-refractivity contribution in [3.8, 4) is 11.4 Å². The maximum absolute atomic E-state index is 5.82. The average molecular weight is 299 g/mol. The van der Waals surface area contributed by atoms with E-state index in [1.165, 1.54) is 32.4 Å². The Hall–Kier alpha value is -1.81. The highest BCUT2D eigenvalue weighted by Gasteiger charge is 2.18. The van der Waals surface area contributed by atoms with E-state index in [4.69, 9.17) is 4.74 Å². The highest BCUT2D eigenvalue weighted by Crippen LogP contribution is 2.17. The zero-order chi connectivity index (χ0) is 15.2. The van der Waals surface area contributed by atoms with Crippen LogP contribution < -0.4 is 4.74 Å². The first-order chi connectivity index (χ1) is 10.8. The molecule has 0 spiro atoms. The van der Waals surface area contributed by atoms with Crippen molar-refractivity contribution in [1.82, 2.24) is 14.7 Å². The molecule has 0 aliphatic carbocycles. The van der Waals surface area contributed by atoms with Crippen molar-refractivity contribution in [2.45, 2.75) is 38.6 Å². The summed E-state index contributed by atoms with van der Waals surface area (Å²) in [5, 5.41) is 4.22. The number of nitrogens with zero attached hydrogens (tertiary/aromatic N) is 3. The van der Waals surface area contributed by atoms with E-state index in [9.17, 15) is 0 Å². The molecule has 1 aliphatic rings. The molecule has 0 amide bonds. The van der Waals surface area contributed by atoms with Crippen molar-refractivity contribution in [2.75, 3.05) is 19.7 Å². The molecule has 0 N–H and O–H groups in total. The first kappa shape index (κ1) is 15.1. The van der Waals surface area contributed by atoms with Gasteiger partial charge in [0.05, 0.1) is 12.3 Å². The summed E-state index contributed by atoms with van der Waals surface area (Å²) in [6.07, 6.45) is 8.78. The summed E-state index contributed by atoms with van der Waals surface area (Å²) < 4.78 is 7.67. The molecule has 22 heavy (non-hydrogen) atoms. The van der Waals surface area contributed by atoms with Crippen LogP contribution in [0.15, 0.2) is 42.7 Å². The first-order valence-corrected chi connectivity index (χ1v) is 8.30. The fourth-order valence-corrected chi connectivity index (χ4v) is 3.05. The molecular formula is C18H25N3O. The van der Waals surface area contributed by atoms with E-state index in [1.54, 1.807) is 6.20 Å². The molecule has 2 heterocycles. The molecule has 1 saturated heterocycles. The molecule has 1 aliphatic heterocycles. The molecule has 0 bridgehead atoms. The predicted octanol–water partition coefficient (Wildman–Crippen LogP) is 3.52. The summed E-state index contributed by atoms with van der Waals surface area (Å²) in [6.45, 7) is 5.62. The molecule has 3 rings (SSSR count). The van der Waals surface area contributed by atoms with Crippen LogP contribution in [0.1, 0.15) is 32.6 Å². The van der Waals surface area contributed by atoms with Gasteiger partial charge in [-0.05, 0) is 76.0 Å². The normalized spacial score (nSPS) is 18.7. The van der Waals surface area contributed by atoms with Crippen molar-refractivity contribution in [1.29, 1.82) is 0 Å². The van der Waals surface area contributed by atoms with Gasteiger partial charge in [0.15, 0.2) is 0 Å². The van der Waals surface area contributed by atoms with Gasteiger partial charge in [-0.25, -0.2) is 4.68 Å². The Morgan fingerprint density at radius 2 is 2.09 bits per heavy atom. The summed E-state index contributed by atoms with van der Waals surface area (Å²) in [5.41, 5.74) is 1.06. The van der Waals surface area contributed by atoms with Crippen LogP contribution in [-0.2, 0) is 0 Å². The second kappa shape index (κ2) is 7.45. The Labute approximate surface area is 132 Å². The lowest BCUT2D eigenvalue weighted by molar-refractivity contribution is 0.245. The van der Waals surface area contributed by atoms with E-state index < -0.39 is 0 Å². The molecular weight excluding hydrogens is 274 g/mol. The van der Waals surface area contributed by atoms with E-state index in [1.807, 2.05) is 41.2 Å². The van der Waals surface area contributed by atoms with Gasteiger partial charge < -0.3 is 9.64 Å². The number of ether oxygens (including phenoxy) is 1. The third-order valence-corrected chi connectivity index (χ3v) is 4.40. The summed E-state index contributed by atoms with van der Waals surface area (Å²) in [6, 6.07) is 10.8. The molecule has 118 valence electrons. The summed E-state index contributed by atoms with van der Waals surface area (Å²) in [7, 11) is 0. The minimum atomic E-state index is 0.774. The van der Waals surface area contributed by atoms with Crippen molar-refractivity contribution >= 4 is 0 Å². The molecule has 0 saturated carbocycles. The quantitative estimate of drug-likeness (QED) is 0.733. The van der Waals surface area contributed by atoms with E-state index in [2.05, 4.69) is 16.9 Å². The maximum Gasteiger partial charge on any atom is 0.119 e. The molecule has 0 radical (unpaired) electrons. The van der Waals surface area contributed by atoms with Crippen LogP contribution in [0, 0.1) is 0 Å². The standard InChI is InChI=1S/C18H25N3O/c1-16-6-4-13-20(16)12-2-3-15-22-18-9-7-17(8-10-18)21-14-5-11-19-21/h5,7-11,14,16H,2-4,6,12-13,15H2,1H3/t16-/m1/s1. The monoisotopic (exact) mass is 299 g/mol. The number of rotatable bonds is 7. The van der Waals surface area contributed by atoms with Crippen molar-refractivity contribution < 1.29 is 4.74 Å². The highest BCUT2D eigenvalue weighted by molar-refractivity contribution is 5.36. The van der Waals surface area contributed by atoms with Crippen LogP contribution in [0.2, 0.25) is 0 Å². The second-order valence-electron chi connectivity index (χ2n) is 6.03. The molecule has 4 heteroatoms. The van der Waals surface area contributed by atoms with Crippen LogP contribution >= 0.6 is 0 Å². The van der Waals surface area contributed by atoms with Gasteiger partial charge in [-0.3, -0.25) is 0 Å². The van der Waals surface area contributed by atoms with Crippen molar-refractivity contribution in [3.05, 3.63) is 42.7 Å². The van der Waals surface area contributed by atoms with Crippen molar-refractivity contribution in [2.24, 2.45) is 0 Å². The zero-order valence-electron chi connectivity index (χ0n) is 13.3. The third-order valence-electron chi connectivity index (χ3n) is 4.40. The zero-order valence-corrected chi connectivity index (χ0v) is 13.3. The summed E-state index contributed by atoms with van der Waals surface area (Å²) >= 11 is 0. The maximum atomic E-state index is 5.82. The fraction of sp³-hybridized carbons (Fsp3) is 0.500. The molecule has 0 unspecified atom stereocenters. The van der Waals surface area contributed by atoms with Crippen LogP contribution in [0.3, 0.4) is 0 Å². The van der Waals surface area contributed by atoms with Gasteiger partial charge in [0.25, 0.3) is 0 Å². The third kappa shape index (κ3) is 3.89. The number of unbranched alkanes of at least 4 members (excludes halogenated alkanes) is 1. The topological polar surface area (TPSA) is 30.3 Å². The summed E-state index contributed by atoms with van der Waals surface area (Å²) in [4.78, 5) is 2.60. The minimum Gasteiger partial charge on any atom is -0.494 e. The molecule has 1 aromatic heterocycles. The van der Waals surface area contributed by atoms with E-state index in [0.717, 1.165) is 30.5 Å². The van der Waals surface area contributed by atoms with Gasteiger partial charge in [0.1, 0.15) is 5.75 Å². The van der Waals surface area contributed by atoms with Crippen LogP contribution in [0.5, 0.6) is 5.75 Å². The lowest BCUT2D eigenvalue weighted by Gasteiger charge is -2.20. The summed E-state index contributed by atoms with van der Waals surface area (Å²) in [5.74, 6) is 0.936. The van der Waals surface area contributed by atoms with Gasteiger partial charge in [-0.2, -0.15) is 5.10 Å². The Morgan fingerprint density at radius 1 is 1.23 bits per heavy atom. The fourth-order valence-electron chi connectivity index (χ4n) is 3.05. The largest absolute Gasteiger partial charge is 0.494 e. The van der Waals surface area contributed by atoms with Gasteiger partial charge in [0.2, 0.25) is 0 Å². The Balaban J connectivity index is 1.37. The smallest absolute Gasteiger partial charge is 0.119 e. The Morgan fingerprint density at radius 3 is 2.77 bits per heavy atom. The molecule has 1 atom stereocenters. The molecule has 4 nitrogen and oxygen atoms in total. The highest BCUT2D eigenvalue weighted by atomic mass is 16.5. The minimum absolute atomic E-state index is 0.774. The van der Waals surface area contributed by atoms with Crippen LogP contribution in [0.25, 0.3) is 5.69 Å². The van der Waals surface area contributed by atoms with Gasteiger partial charge >= 0.3 is 0 Å². The van der Waals surface area contributed by atoms with Gasteiger partial charge in [-0.1, -0.05) is 0 Å². The molecule has 1 aromatic carbocycles. The van der Waals surface area contributed by atoms with E-state index in [-0.39, 0.29) is 0 Å². The van der Waals surface area contributed by atoms with Gasteiger partial charge in [0, 0.05) is 18.4 Å². The average Bonchev–Trinajstić information content (AvgIpc) is 3.20. The van der Waals surface area contributed by atoms with E-state index >= 15 is 0 Å². The number of hydrogen-bond donors (Lipinski definition) is 0. The number of hydrogen-bond acceptors (Lipinski definition) is 3. The number of benzene rings is 1. The van der Waals surface area contributed by atoms with Crippen LogP contribution in [-0.4, -0.2) is 40.4 Å². The Kier molecular flexibility index (Phi) is 5.11. The van der Waals surface area contributed by atoms with Gasteiger partial charge in [-0.15, -0.1) is 0 Å². The number of aromatic nitrogens is 2. The van der Waals surface area contributed by atoms with Crippen molar-refractivity contribution in [3.63, 3.8) is 0 Å². The predicted molar refractivity (Wildman–Crippen MR) is 88.6 cm³/mol. The Bertz CT molecular complexity index is 550.